The molecule has 2 aromatic heterocycles. The maximum Gasteiger partial charge on any atom is 0.220 e. The molecule has 4 heterocycles. The SMILES string of the molecule is CC(C)n1c(C(C)(C)O)nc2c(F)cc(-c3nc(N)ncc3Cl)cc21.O[C@H]1CC[C@@H]2CC[C@@H]1O2. The smallest absolute Gasteiger partial charge is 0.220 e. The lowest BCUT2D eigenvalue weighted by atomic mass is 10.1. The fourth-order valence-electron chi connectivity index (χ4n) is 4.60. The highest BCUT2D eigenvalue weighted by molar-refractivity contribution is 6.33. The van der Waals surface area contributed by atoms with E-state index in [0.717, 1.165) is 19.3 Å². The number of benzene rings is 1. The van der Waals surface area contributed by atoms with E-state index in [2.05, 4.69) is 15.0 Å². The van der Waals surface area contributed by atoms with Crippen molar-refractivity contribution in [3.05, 3.63) is 35.0 Å². The maximum absolute atomic E-state index is 14.7. The number of halogens is 2. The fourth-order valence-corrected chi connectivity index (χ4v) is 4.80. The molecule has 0 saturated carbocycles. The van der Waals surface area contributed by atoms with Crippen LogP contribution in [-0.4, -0.2) is 48.0 Å². The van der Waals surface area contributed by atoms with Crippen LogP contribution in [0.4, 0.5) is 10.3 Å². The molecule has 3 aromatic rings. The fraction of sp³-hybridized carbons (Fsp3) is 0.542. The van der Waals surface area contributed by atoms with E-state index in [0.29, 0.717) is 28.7 Å². The number of nitrogen functional groups attached to an aromatic ring is 1. The number of anilines is 1. The molecule has 2 bridgehead atoms. The lowest BCUT2D eigenvalue weighted by Gasteiger charge is -2.24. The Bertz CT molecular complexity index is 1190. The highest BCUT2D eigenvalue weighted by atomic mass is 35.5. The molecule has 0 radical (unpaired) electrons. The van der Waals surface area contributed by atoms with Gasteiger partial charge in [0, 0.05) is 11.6 Å². The van der Waals surface area contributed by atoms with Crippen LogP contribution in [0.25, 0.3) is 22.3 Å². The molecule has 8 nitrogen and oxygen atoms in total. The Labute approximate surface area is 202 Å². The second-order valence-corrected chi connectivity index (χ2v) is 10.1. The summed E-state index contributed by atoms with van der Waals surface area (Å²) >= 11 is 6.15. The number of nitrogens with zero attached hydrogens (tertiary/aromatic N) is 4. The summed E-state index contributed by atoms with van der Waals surface area (Å²) in [5, 5.41) is 20.0. The van der Waals surface area contributed by atoms with Gasteiger partial charge in [0.15, 0.2) is 5.82 Å². The van der Waals surface area contributed by atoms with E-state index in [1.165, 1.54) is 18.7 Å². The van der Waals surface area contributed by atoms with E-state index in [1.807, 2.05) is 13.8 Å². The Morgan fingerprint density at radius 1 is 1.21 bits per heavy atom. The molecule has 3 atom stereocenters. The topological polar surface area (TPSA) is 119 Å². The number of ether oxygens (including phenoxy) is 1. The van der Waals surface area contributed by atoms with Crippen LogP contribution in [0.2, 0.25) is 5.02 Å². The molecule has 0 unspecified atom stereocenters. The molecule has 0 spiro atoms. The van der Waals surface area contributed by atoms with Gasteiger partial charge in [-0.05, 0) is 65.5 Å². The largest absolute Gasteiger partial charge is 0.390 e. The van der Waals surface area contributed by atoms with Crippen molar-refractivity contribution in [3.8, 4) is 11.3 Å². The van der Waals surface area contributed by atoms with Crippen molar-refractivity contribution in [2.75, 3.05) is 5.73 Å². The Kier molecular flexibility index (Phi) is 6.83. The zero-order valence-electron chi connectivity index (χ0n) is 19.8. The summed E-state index contributed by atoms with van der Waals surface area (Å²) in [6.45, 7) is 7.12. The average molecular weight is 492 g/mol. The lowest BCUT2D eigenvalue weighted by Crippen LogP contribution is -2.31. The van der Waals surface area contributed by atoms with Gasteiger partial charge in [-0.1, -0.05) is 11.6 Å². The van der Waals surface area contributed by atoms with E-state index >= 15 is 0 Å². The Morgan fingerprint density at radius 2 is 1.91 bits per heavy atom. The van der Waals surface area contributed by atoms with Gasteiger partial charge < -0.3 is 25.3 Å². The molecule has 1 aromatic carbocycles. The maximum atomic E-state index is 14.7. The number of nitrogens with two attached hydrogens (primary N) is 1. The molecule has 2 fully saturated rings. The van der Waals surface area contributed by atoms with Gasteiger partial charge in [-0.15, -0.1) is 0 Å². The Balaban J connectivity index is 0.000000252. The van der Waals surface area contributed by atoms with Crippen molar-refractivity contribution in [3.63, 3.8) is 0 Å². The minimum Gasteiger partial charge on any atom is -0.390 e. The van der Waals surface area contributed by atoms with E-state index in [9.17, 15) is 14.6 Å². The third kappa shape index (κ3) is 4.88. The number of aliphatic hydroxyl groups is 2. The molecule has 2 aliphatic rings. The van der Waals surface area contributed by atoms with E-state index in [-0.39, 0.29) is 34.7 Å². The van der Waals surface area contributed by atoms with Gasteiger partial charge in [-0.25, -0.2) is 19.3 Å². The molecule has 2 aliphatic heterocycles. The second kappa shape index (κ2) is 9.37. The summed E-state index contributed by atoms with van der Waals surface area (Å²) in [7, 11) is 0. The summed E-state index contributed by atoms with van der Waals surface area (Å²) in [6.07, 6.45) is 6.15. The molecular weight excluding hydrogens is 461 g/mol. The van der Waals surface area contributed by atoms with Gasteiger partial charge in [0.1, 0.15) is 16.9 Å². The monoisotopic (exact) mass is 491 g/mol. The predicted octanol–water partition coefficient (Wildman–Crippen LogP) is 4.37. The van der Waals surface area contributed by atoms with E-state index in [4.69, 9.17) is 22.1 Å². The van der Waals surface area contributed by atoms with Gasteiger partial charge >= 0.3 is 0 Å². The molecule has 0 amide bonds. The van der Waals surface area contributed by atoms with Crippen LogP contribution in [0.5, 0.6) is 0 Å². The Hall–Kier alpha value is -2.33. The third-order valence-electron chi connectivity index (χ3n) is 6.20. The van der Waals surface area contributed by atoms with Crippen LogP contribution in [0.15, 0.2) is 18.3 Å². The standard InChI is InChI=1S/C17H19ClFN5O.C7H12O2/c1-8(2)24-12-6-9(13-10(18)7-21-16(20)23-13)5-11(19)14(12)22-15(24)17(3,4)25;8-6-3-1-5-2-4-7(6)9-5/h5-8,25H,1-4H3,(H2,20,21,23);5-8H,1-4H2/t;5-,6+,7+/m.1/s1. The number of aliphatic hydroxyl groups excluding tert-OH is 1. The van der Waals surface area contributed by atoms with E-state index in [1.54, 1.807) is 24.5 Å². The summed E-state index contributed by atoms with van der Waals surface area (Å²) in [6, 6.07) is 3.02. The van der Waals surface area contributed by atoms with E-state index < -0.39 is 11.4 Å². The normalized spacial score (nSPS) is 22.2. The minimum absolute atomic E-state index is 0.0352. The number of rotatable bonds is 3. The number of hydrogen-bond donors (Lipinski definition) is 3. The first-order valence-corrected chi connectivity index (χ1v) is 11.9. The van der Waals surface area contributed by atoms with Crippen LogP contribution in [0, 0.1) is 5.82 Å². The quantitative estimate of drug-likeness (QED) is 0.497. The molecule has 4 N–H and O–H groups in total. The summed E-state index contributed by atoms with van der Waals surface area (Å²) in [5.41, 5.74) is 5.96. The molecule has 10 heteroatoms. The van der Waals surface area contributed by atoms with Gasteiger partial charge in [0.05, 0.1) is 40.7 Å². The van der Waals surface area contributed by atoms with Gasteiger partial charge in [0.2, 0.25) is 5.95 Å². The molecule has 184 valence electrons. The number of fused-ring (bicyclic) bond motifs is 3. The van der Waals surface area contributed by atoms with Gasteiger partial charge in [-0.2, -0.15) is 0 Å². The average Bonchev–Trinajstić information content (AvgIpc) is 3.35. The number of hydrogen-bond acceptors (Lipinski definition) is 7. The highest BCUT2D eigenvalue weighted by Crippen LogP contribution is 2.34. The summed E-state index contributed by atoms with van der Waals surface area (Å²) in [4.78, 5) is 12.3. The zero-order chi connectivity index (χ0) is 24.8. The molecular formula is C24H31ClFN5O3. The first-order chi connectivity index (χ1) is 16.0. The molecule has 5 rings (SSSR count). The zero-order valence-corrected chi connectivity index (χ0v) is 20.6. The third-order valence-corrected chi connectivity index (χ3v) is 6.48. The lowest BCUT2D eigenvalue weighted by molar-refractivity contribution is -0.0746. The van der Waals surface area contributed by atoms with Crippen molar-refractivity contribution < 1.29 is 19.3 Å². The second-order valence-electron chi connectivity index (χ2n) is 9.73. The van der Waals surface area contributed by atoms with Crippen molar-refractivity contribution in [2.45, 2.75) is 83.3 Å². The van der Waals surface area contributed by atoms with Gasteiger partial charge in [-0.3, -0.25) is 0 Å². The first kappa shape index (κ1) is 24.8. The van der Waals surface area contributed by atoms with Crippen molar-refractivity contribution in [1.29, 1.82) is 0 Å². The number of imidazole rings is 1. The van der Waals surface area contributed by atoms with Crippen molar-refractivity contribution in [2.24, 2.45) is 0 Å². The van der Waals surface area contributed by atoms with Crippen molar-refractivity contribution >= 4 is 28.6 Å². The summed E-state index contributed by atoms with van der Waals surface area (Å²) in [5.74, 6) is -0.0815. The molecule has 2 saturated heterocycles. The van der Waals surface area contributed by atoms with Crippen LogP contribution in [-0.2, 0) is 10.3 Å². The van der Waals surface area contributed by atoms with Crippen LogP contribution < -0.4 is 5.73 Å². The van der Waals surface area contributed by atoms with Crippen molar-refractivity contribution in [1.82, 2.24) is 19.5 Å². The van der Waals surface area contributed by atoms with Crippen LogP contribution in [0.1, 0.15) is 65.2 Å². The predicted molar refractivity (Wildman–Crippen MR) is 129 cm³/mol. The summed E-state index contributed by atoms with van der Waals surface area (Å²) < 4.78 is 22.0. The molecule has 0 aliphatic carbocycles. The molecule has 34 heavy (non-hydrogen) atoms. The number of aromatic nitrogens is 4. The van der Waals surface area contributed by atoms with Crippen LogP contribution >= 0.6 is 11.6 Å². The minimum atomic E-state index is -1.22. The van der Waals surface area contributed by atoms with Crippen LogP contribution in [0.3, 0.4) is 0 Å². The first-order valence-electron chi connectivity index (χ1n) is 11.5. The highest BCUT2D eigenvalue weighted by Gasteiger charge is 2.35. The van der Waals surface area contributed by atoms with Gasteiger partial charge in [0.25, 0.3) is 0 Å². The Morgan fingerprint density at radius 3 is 2.56 bits per heavy atom.